The second-order valence-corrected chi connectivity index (χ2v) is 1.82. The van der Waals surface area contributed by atoms with Crippen molar-refractivity contribution in [1.82, 2.24) is 0 Å². The van der Waals surface area contributed by atoms with E-state index in [0.717, 1.165) is 0 Å². The van der Waals surface area contributed by atoms with Crippen LogP contribution in [-0.4, -0.2) is 92.3 Å². The number of Topliss-reactive ketones (excluding diaryl/α,β-unsaturated/α-hetero) is 1. The molecule has 1 N–H and O–H groups in total. The number of carboxylic acids is 1. The van der Waals surface area contributed by atoms with Crippen molar-refractivity contribution in [2.24, 2.45) is 5.92 Å². The minimum atomic E-state index is -1.35. The molecule has 0 aromatic carbocycles. The Morgan fingerprint density at radius 1 is 1.20 bits per heavy atom. The van der Waals surface area contributed by atoms with E-state index in [4.69, 9.17) is 5.11 Å². The summed E-state index contributed by atoms with van der Waals surface area (Å²) in [4.78, 5) is 20.0. The Hall–Kier alpha value is 1.66. The number of hydrogen-bond donors (Lipinski definition) is 1. The van der Waals surface area contributed by atoms with Gasteiger partial charge in [-0.25, -0.2) is 4.79 Å². The molecule has 0 amide bonds. The maximum absolute atomic E-state index is 10.2. The van der Waals surface area contributed by atoms with Gasteiger partial charge >= 0.3 is 5.97 Å². The van der Waals surface area contributed by atoms with Crippen molar-refractivity contribution in [1.29, 1.82) is 0 Å². The minimum absolute atomic E-state index is 0. The molecule has 0 aromatic heterocycles. The molecule has 3 nitrogen and oxygen atoms in total. The van der Waals surface area contributed by atoms with E-state index in [-0.39, 0.29) is 75.5 Å². The van der Waals surface area contributed by atoms with Crippen LogP contribution in [0.3, 0.4) is 0 Å². The molecule has 0 atom stereocenters. The number of carbonyl (C=O) groups excluding carboxylic acids is 1. The summed E-state index contributed by atoms with van der Waals surface area (Å²) in [6, 6.07) is 0. The summed E-state index contributed by atoms with van der Waals surface area (Å²) in [5, 5.41) is 8.00. The summed E-state index contributed by atoms with van der Waals surface area (Å²) >= 11 is 0. The number of carbonyl (C=O) groups is 2. The van der Waals surface area contributed by atoms with Crippen LogP contribution in [0.1, 0.15) is 13.8 Å². The van der Waals surface area contributed by atoms with Crippen LogP contribution in [0, 0.1) is 5.92 Å². The zero-order chi connectivity index (χ0) is 6.73. The summed E-state index contributed by atoms with van der Waals surface area (Å²) < 4.78 is 0. The molecule has 0 heterocycles. The summed E-state index contributed by atoms with van der Waals surface area (Å²) in [5.41, 5.74) is 0. The van der Waals surface area contributed by atoms with E-state index in [0.29, 0.717) is 0 Å². The largest absolute Gasteiger partial charge is 0.475 e. The average molecular weight is 196 g/mol. The minimum Gasteiger partial charge on any atom is -0.475 e. The van der Waals surface area contributed by atoms with Crippen LogP contribution in [0.2, 0.25) is 0 Å². The van der Waals surface area contributed by atoms with Crippen LogP contribution < -0.4 is 0 Å². The Kier molecular flexibility index (Phi) is 15.5. The molecule has 0 rings (SSSR count). The fourth-order valence-corrected chi connectivity index (χ4v) is 0.247. The van der Waals surface area contributed by atoms with Crippen molar-refractivity contribution >= 4 is 87.2 Å². The van der Waals surface area contributed by atoms with Crippen molar-refractivity contribution in [3.63, 3.8) is 0 Å². The molecule has 0 aliphatic rings. The second kappa shape index (κ2) is 8.75. The van der Waals surface area contributed by atoms with Gasteiger partial charge in [-0.2, -0.15) is 0 Å². The molecule has 0 aliphatic carbocycles. The van der Waals surface area contributed by atoms with Crippen LogP contribution >= 0.6 is 0 Å². The van der Waals surface area contributed by atoms with Crippen LogP contribution in [0.15, 0.2) is 0 Å². The number of ketones is 1. The maximum atomic E-state index is 10.2. The number of rotatable bonds is 2. The molecule has 0 bridgehead atoms. The first kappa shape index (κ1) is 17.7. The van der Waals surface area contributed by atoms with Crippen LogP contribution in [0.25, 0.3) is 0 Å². The van der Waals surface area contributed by atoms with Crippen LogP contribution in [-0.2, 0) is 9.59 Å². The second-order valence-electron chi connectivity index (χ2n) is 1.82. The zero-order valence-electron chi connectivity index (χ0n) is 6.26. The third kappa shape index (κ3) is 7.76. The van der Waals surface area contributed by atoms with Gasteiger partial charge in [0.05, 0.1) is 0 Å². The van der Waals surface area contributed by atoms with E-state index < -0.39 is 17.7 Å². The van der Waals surface area contributed by atoms with Gasteiger partial charge in [-0.3, -0.25) is 4.79 Å². The third-order valence-corrected chi connectivity index (χ3v) is 0.735. The number of hydrogen-bond acceptors (Lipinski definition) is 2. The third-order valence-electron chi connectivity index (χ3n) is 0.735. The Bertz CT molecular complexity index is 122. The Labute approximate surface area is 120 Å². The van der Waals surface area contributed by atoms with Crippen molar-refractivity contribution in [3.05, 3.63) is 0 Å². The van der Waals surface area contributed by atoms with Gasteiger partial charge in [-0.15, -0.1) is 0 Å². The molecule has 10 heavy (non-hydrogen) atoms. The number of carboxylic acid groups (broad SMARTS) is 1. The van der Waals surface area contributed by atoms with Gasteiger partial charge in [0.15, 0.2) is 0 Å². The molecule has 0 aliphatic heterocycles. The predicted octanol–water partition coefficient (Wildman–Crippen LogP) is -0.466. The molecule has 0 fully saturated rings. The smallest absolute Gasteiger partial charge is 0.372 e. The Morgan fingerprint density at radius 3 is 1.50 bits per heavy atom. The Balaban J connectivity index is -0.000000245. The molecule has 5 heteroatoms. The molecule has 0 saturated heterocycles. The van der Waals surface area contributed by atoms with Gasteiger partial charge in [0.2, 0.25) is 5.78 Å². The average Bonchev–Trinajstić information content (AvgIpc) is 1.64. The molecular formula is C5H8Ca2O3. The summed E-state index contributed by atoms with van der Waals surface area (Å²) in [6.07, 6.45) is 0. The van der Waals surface area contributed by atoms with Gasteiger partial charge in [-0.05, 0) is 0 Å². The molecule has 0 spiro atoms. The molecule has 4 radical (unpaired) electrons. The van der Waals surface area contributed by atoms with Gasteiger partial charge in [-0.1, -0.05) is 13.8 Å². The van der Waals surface area contributed by atoms with E-state index >= 15 is 0 Å². The first-order chi connectivity index (χ1) is 3.55. The van der Waals surface area contributed by atoms with Crippen molar-refractivity contribution in [3.8, 4) is 0 Å². The standard InChI is InChI=1S/C5H8O3.2Ca/c1-3(2)4(6)5(7)8;;/h3H,1-2H3,(H,7,8);;. The summed E-state index contributed by atoms with van der Waals surface area (Å²) in [7, 11) is 0. The topological polar surface area (TPSA) is 54.4 Å². The van der Waals surface area contributed by atoms with Crippen LogP contribution in [0.5, 0.6) is 0 Å². The van der Waals surface area contributed by atoms with Crippen molar-refractivity contribution in [2.45, 2.75) is 13.8 Å². The van der Waals surface area contributed by atoms with E-state index in [1.54, 1.807) is 13.8 Å². The summed E-state index contributed by atoms with van der Waals surface area (Å²) in [5.74, 6) is -2.47. The molecule has 0 unspecified atom stereocenters. The molecule has 50 valence electrons. The van der Waals surface area contributed by atoms with Gasteiger partial charge in [0.25, 0.3) is 0 Å². The number of aliphatic carboxylic acids is 1. The molecular weight excluding hydrogens is 188 g/mol. The van der Waals surface area contributed by atoms with E-state index in [2.05, 4.69) is 0 Å². The quantitative estimate of drug-likeness (QED) is 0.480. The molecule has 0 saturated carbocycles. The first-order valence-electron chi connectivity index (χ1n) is 2.33. The maximum Gasteiger partial charge on any atom is 0.372 e. The van der Waals surface area contributed by atoms with E-state index in [9.17, 15) is 9.59 Å². The van der Waals surface area contributed by atoms with E-state index in [1.165, 1.54) is 0 Å². The van der Waals surface area contributed by atoms with Crippen LogP contribution in [0.4, 0.5) is 0 Å². The van der Waals surface area contributed by atoms with Crippen molar-refractivity contribution < 1.29 is 14.7 Å². The van der Waals surface area contributed by atoms with Crippen molar-refractivity contribution in [2.75, 3.05) is 0 Å². The monoisotopic (exact) mass is 196 g/mol. The van der Waals surface area contributed by atoms with Gasteiger partial charge in [0, 0.05) is 81.4 Å². The SMILES string of the molecule is CC(C)C(=O)C(=O)O.[Ca].[Ca]. The first-order valence-corrected chi connectivity index (χ1v) is 2.33. The summed E-state index contributed by atoms with van der Waals surface area (Å²) in [6.45, 7) is 3.10. The fourth-order valence-electron chi connectivity index (χ4n) is 0.247. The van der Waals surface area contributed by atoms with E-state index in [1.807, 2.05) is 0 Å². The Morgan fingerprint density at radius 2 is 1.50 bits per heavy atom. The molecule has 0 aromatic rings. The van der Waals surface area contributed by atoms with Gasteiger partial charge in [0.1, 0.15) is 0 Å². The van der Waals surface area contributed by atoms with Gasteiger partial charge < -0.3 is 5.11 Å². The normalized spacial score (nSPS) is 7.50. The zero-order valence-corrected chi connectivity index (χ0v) is 10.7. The predicted molar refractivity (Wildman–Crippen MR) is 39.0 cm³/mol. The fraction of sp³-hybridized carbons (Fsp3) is 0.600.